The average molecular weight is 151 g/mol. The van der Waals surface area contributed by atoms with E-state index in [0.29, 0.717) is 0 Å². The molecule has 0 bridgehead atoms. The second-order valence-electron chi connectivity index (χ2n) is 2.07. The monoisotopic (exact) mass is 151 g/mol. The van der Waals surface area contributed by atoms with Crippen molar-refractivity contribution in [2.24, 2.45) is 5.73 Å². The van der Waals surface area contributed by atoms with Crippen molar-refractivity contribution in [1.82, 2.24) is 0 Å². The standard InChI is InChI=1S/C8H9NS/c1-7(9)2-3-8-4-5-10-6-8/h4-7H,9H2,1H3. The minimum Gasteiger partial charge on any atom is -0.318 e. The van der Waals surface area contributed by atoms with E-state index in [2.05, 4.69) is 11.8 Å². The third-order valence-corrected chi connectivity index (χ3v) is 1.65. The van der Waals surface area contributed by atoms with E-state index >= 15 is 0 Å². The van der Waals surface area contributed by atoms with E-state index in [1.807, 2.05) is 23.8 Å². The largest absolute Gasteiger partial charge is 0.318 e. The van der Waals surface area contributed by atoms with E-state index in [0.717, 1.165) is 5.56 Å². The van der Waals surface area contributed by atoms with Crippen molar-refractivity contribution >= 4 is 11.3 Å². The molecule has 0 aliphatic rings. The van der Waals surface area contributed by atoms with E-state index in [4.69, 9.17) is 5.73 Å². The van der Waals surface area contributed by atoms with Gasteiger partial charge in [-0.05, 0) is 18.4 Å². The first-order valence-electron chi connectivity index (χ1n) is 3.08. The molecule has 1 aromatic rings. The number of rotatable bonds is 0. The van der Waals surface area contributed by atoms with E-state index in [9.17, 15) is 0 Å². The summed E-state index contributed by atoms with van der Waals surface area (Å²) in [6.45, 7) is 1.87. The van der Waals surface area contributed by atoms with Gasteiger partial charge in [-0.15, -0.1) is 0 Å². The molecule has 0 aromatic carbocycles. The van der Waals surface area contributed by atoms with Crippen LogP contribution in [0, 0.1) is 11.8 Å². The summed E-state index contributed by atoms with van der Waals surface area (Å²) in [5.41, 5.74) is 6.50. The Labute approximate surface area is 64.9 Å². The molecule has 0 radical (unpaired) electrons. The van der Waals surface area contributed by atoms with Gasteiger partial charge in [0.1, 0.15) is 0 Å². The summed E-state index contributed by atoms with van der Waals surface area (Å²) >= 11 is 1.65. The zero-order valence-corrected chi connectivity index (χ0v) is 6.61. The molecule has 1 heterocycles. The highest BCUT2D eigenvalue weighted by atomic mass is 32.1. The molecule has 2 N–H and O–H groups in total. The van der Waals surface area contributed by atoms with Crippen molar-refractivity contribution in [3.8, 4) is 11.8 Å². The van der Waals surface area contributed by atoms with Crippen LogP contribution in [0.5, 0.6) is 0 Å². The number of hydrogen-bond donors (Lipinski definition) is 1. The van der Waals surface area contributed by atoms with Gasteiger partial charge >= 0.3 is 0 Å². The fraction of sp³-hybridized carbons (Fsp3) is 0.250. The maximum atomic E-state index is 5.44. The van der Waals surface area contributed by atoms with Crippen LogP contribution in [-0.2, 0) is 0 Å². The van der Waals surface area contributed by atoms with Crippen LogP contribution in [0.1, 0.15) is 12.5 Å². The van der Waals surface area contributed by atoms with Gasteiger partial charge in [0.15, 0.2) is 0 Å². The number of hydrogen-bond acceptors (Lipinski definition) is 2. The maximum Gasteiger partial charge on any atom is 0.0639 e. The minimum atomic E-state index is -0.0279. The molecule has 1 unspecified atom stereocenters. The zero-order valence-electron chi connectivity index (χ0n) is 5.79. The molecule has 0 amide bonds. The molecule has 1 nitrogen and oxygen atoms in total. The molecule has 0 spiro atoms. The van der Waals surface area contributed by atoms with Crippen molar-refractivity contribution in [2.75, 3.05) is 0 Å². The van der Waals surface area contributed by atoms with Gasteiger partial charge in [0.05, 0.1) is 6.04 Å². The Morgan fingerprint density at radius 1 is 1.70 bits per heavy atom. The molecule has 0 fully saturated rings. The van der Waals surface area contributed by atoms with Gasteiger partial charge in [-0.2, -0.15) is 11.3 Å². The molecule has 1 aromatic heterocycles. The van der Waals surface area contributed by atoms with Crippen LogP contribution < -0.4 is 5.73 Å². The highest BCUT2D eigenvalue weighted by Crippen LogP contribution is 2.02. The molecular weight excluding hydrogens is 142 g/mol. The van der Waals surface area contributed by atoms with E-state index in [1.54, 1.807) is 11.3 Å². The van der Waals surface area contributed by atoms with E-state index < -0.39 is 0 Å². The van der Waals surface area contributed by atoms with Crippen LogP contribution in [0.15, 0.2) is 16.8 Å². The first-order chi connectivity index (χ1) is 4.79. The molecule has 0 saturated heterocycles. The molecule has 1 rings (SSSR count). The number of nitrogens with two attached hydrogens (primary N) is 1. The van der Waals surface area contributed by atoms with Crippen LogP contribution >= 0.6 is 11.3 Å². The van der Waals surface area contributed by atoms with Crippen molar-refractivity contribution < 1.29 is 0 Å². The first-order valence-corrected chi connectivity index (χ1v) is 4.02. The fourth-order valence-corrected chi connectivity index (χ4v) is 1.12. The molecule has 0 saturated carbocycles. The molecule has 0 aliphatic carbocycles. The second kappa shape index (κ2) is 3.40. The summed E-state index contributed by atoms with van der Waals surface area (Å²) in [7, 11) is 0. The third kappa shape index (κ3) is 2.22. The van der Waals surface area contributed by atoms with Crippen molar-refractivity contribution in [1.29, 1.82) is 0 Å². The van der Waals surface area contributed by atoms with Crippen LogP contribution in [0.2, 0.25) is 0 Å². The van der Waals surface area contributed by atoms with Gasteiger partial charge in [-0.25, -0.2) is 0 Å². The van der Waals surface area contributed by atoms with Crippen LogP contribution in [0.4, 0.5) is 0 Å². The Hall–Kier alpha value is -0.780. The smallest absolute Gasteiger partial charge is 0.0639 e. The first kappa shape index (κ1) is 7.33. The number of thiophene rings is 1. The second-order valence-corrected chi connectivity index (χ2v) is 2.85. The summed E-state index contributed by atoms with van der Waals surface area (Å²) in [5.74, 6) is 5.84. The Balaban J connectivity index is 2.66. The normalized spacial score (nSPS) is 11.8. The van der Waals surface area contributed by atoms with Gasteiger partial charge < -0.3 is 5.73 Å². The Bertz CT molecular complexity index is 238. The lowest BCUT2D eigenvalue weighted by atomic mass is 10.3. The van der Waals surface area contributed by atoms with Crippen molar-refractivity contribution in [3.05, 3.63) is 22.4 Å². The van der Waals surface area contributed by atoms with E-state index in [-0.39, 0.29) is 6.04 Å². The third-order valence-electron chi connectivity index (χ3n) is 0.965. The molecule has 1 atom stereocenters. The van der Waals surface area contributed by atoms with Crippen molar-refractivity contribution in [3.63, 3.8) is 0 Å². The fourth-order valence-electron chi connectivity index (χ4n) is 0.533. The quantitative estimate of drug-likeness (QED) is 0.558. The summed E-state index contributed by atoms with van der Waals surface area (Å²) in [6.07, 6.45) is 0. The Kier molecular flexibility index (Phi) is 2.49. The predicted octanol–water partition coefficient (Wildman–Crippen LogP) is 1.45. The molecule has 0 aliphatic heterocycles. The summed E-state index contributed by atoms with van der Waals surface area (Å²) < 4.78 is 0. The maximum absolute atomic E-state index is 5.44. The summed E-state index contributed by atoms with van der Waals surface area (Å²) in [4.78, 5) is 0. The highest BCUT2D eigenvalue weighted by molar-refractivity contribution is 7.08. The molecule has 52 valence electrons. The Morgan fingerprint density at radius 3 is 3.00 bits per heavy atom. The lowest BCUT2D eigenvalue weighted by Gasteiger charge is -1.86. The predicted molar refractivity (Wildman–Crippen MR) is 44.8 cm³/mol. The van der Waals surface area contributed by atoms with Gasteiger partial charge in [-0.3, -0.25) is 0 Å². The van der Waals surface area contributed by atoms with Gasteiger partial charge in [0, 0.05) is 10.9 Å². The lowest BCUT2D eigenvalue weighted by molar-refractivity contribution is 0.959. The van der Waals surface area contributed by atoms with Crippen LogP contribution in [-0.4, -0.2) is 6.04 Å². The highest BCUT2D eigenvalue weighted by Gasteiger charge is 1.84. The molecule has 2 heteroatoms. The molecule has 10 heavy (non-hydrogen) atoms. The summed E-state index contributed by atoms with van der Waals surface area (Å²) in [5, 5.41) is 4.01. The van der Waals surface area contributed by atoms with Gasteiger partial charge in [0.2, 0.25) is 0 Å². The van der Waals surface area contributed by atoms with E-state index in [1.165, 1.54) is 0 Å². The topological polar surface area (TPSA) is 26.0 Å². The lowest BCUT2D eigenvalue weighted by Crippen LogP contribution is -2.10. The molecular formula is C8H9NS. The Morgan fingerprint density at radius 2 is 2.50 bits per heavy atom. The van der Waals surface area contributed by atoms with Gasteiger partial charge in [0.25, 0.3) is 0 Å². The zero-order chi connectivity index (χ0) is 7.40. The van der Waals surface area contributed by atoms with Crippen LogP contribution in [0.3, 0.4) is 0 Å². The summed E-state index contributed by atoms with van der Waals surface area (Å²) in [6, 6.07) is 1.96. The van der Waals surface area contributed by atoms with Crippen LogP contribution in [0.25, 0.3) is 0 Å². The average Bonchev–Trinajstić information content (AvgIpc) is 2.34. The minimum absolute atomic E-state index is 0.0279. The van der Waals surface area contributed by atoms with Gasteiger partial charge in [-0.1, -0.05) is 11.8 Å². The van der Waals surface area contributed by atoms with Crippen molar-refractivity contribution in [2.45, 2.75) is 13.0 Å². The SMILES string of the molecule is CC(N)C#Cc1ccsc1.